The maximum Gasteiger partial charge on any atom is 0.0727 e. The fraction of sp³-hybridized carbons (Fsp3) is 0.478. The van der Waals surface area contributed by atoms with Crippen molar-refractivity contribution in [3.63, 3.8) is 0 Å². The van der Waals surface area contributed by atoms with Gasteiger partial charge in [-0.15, -0.1) is 0 Å². The minimum Gasteiger partial charge on any atom is -0.391 e. The normalized spacial score (nSPS) is 27.5. The Morgan fingerprint density at radius 2 is 1.65 bits per heavy atom. The molecule has 138 valence electrons. The molecule has 2 aromatic rings. The average molecular weight is 351 g/mol. The van der Waals surface area contributed by atoms with Crippen LogP contribution in [0.25, 0.3) is 0 Å². The standard InChI is InChI=1S/C23H30N2O/c1-2-24(17-19-6-4-3-5-7-19)21-10-8-18(9-11-21)16-22-23(26)20-12-14-25(22)15-13-20/h3-11,20,22-23,26H,2,12-17H2,1H3. The van der Waals surface area contributed by atoms with Gasteiger partial charge in [-0.25, -0.2) is 0 Å². The molecule has 0 aromatic heterocycles. The van der Waals surface area contributed by atoms with E-state index in [0.717, 1.165) is 32.6 Å². The molecule has 1 N–H and O–H groups in total. The first-order valence-electron chi connectivity index (χ1n) is 10.0. The van der Waals surface area contributed by atoms with Crippen molar-refractivity contribution in [3.8, 4) is 0 Å². The summed E-state index contributed by atoms with van der Waals surface area (Å²) in [4.78, 5) is 4.90. The molecule has 3 fully saturated rings. The van der Waals surface area contributed by atoms with Crippen molar-refractivity contribution in [1.82, 2.24) is 4.90 Å². The number of piperidine rings is 3. The zero-order chi connectivity index (χ0) is 17.9. The van der Waals surface area contributed by atoms with Crippen LogP contribution in [0.15, 0.2) is 54.6 Å². The van der Waals surface area contributed by atoms with Gasteiger partial charge >= 0.3 is 0 Å². The van der Waals surface area contributed by atoms with E-state index in [0.29, 0.717) is 12.0 Å². The van der Waals surface area contributed by atoms with Crippen LogP contribution in [0.3, 0.4) is 0 Å². The van der Waals surface area contributed by atoms with Crippen LogP contribution in [-0.2, 0) is 13.0 Å². The molecule has 0 aliphatic carbocycles. The molecule has 2 atom stereocenters. The molecular formula is C23H30N2O. The molecule has 3 aliphatic heterocycles. The van der Waals surface area contributed by atoms with E-state index < -0.39 is 0 Å². The van der Waals surface area contributed by atoms with Gasteiger partial charge in [0.15, 0.2) is 0 Å². The van der Waals surface area contributed by atoms with Crippen LogP contribution in [0.4, 0.5) is 5.69 Å². The number of benzene rings is 2. The second-order valence-corrected chi connectivity index (χ2v) is 7.80. The molecule has 26 heavy (non-hydrogen) atoms. The fourth-order valence-corrected chi connectivity index (χ4v) is 4.65. The van der Waals surface area contributed by atoms with Crippen molar-refractivity contribution < 1.29 is 5.11 Å². The molecular weight excluding hydrogens is 320 g/mol. The number of rotatable bonds is 6. The van der Waals surface area contributed by atoms with E-state index in [2.05, 4.69) is 71.3 Å². The molecule has 0 radical (unpaired) electrons. The summed E-state index contributed by atoms with van der Waals surface area (Å²) in [5.74, 6) is 0.519. The summed E-state index contributed by atoms with van der Waals surface area (Å²) in [6.45, 7) is 6.45. The Kier molecular flexibility index (Phi) is 5.28. The summed E-state index contributed by atoms with van der Waals surface area (Å²) in [6, 6.07) is 19.9. The van der Waals surface area contributed by atoms with Crippen molar-refractivity contribution in [1.29, 1.82) is 0 Å². The van der Waals surface area contributed by atoms with E-state index in [4.69, 9.17) is 0 Å². The van der Waals surface area contributed by atoms with Gasteiger partial charge in [-0.3, -0.25) is 4.90 Å². The summed E-state index contributed by atoms with van der Waals surface area (Å²) in [5.41, 5.74) is 3.94. The fourth-order valence-electron chi connectivity index (χ4n) is 4.65. The molecule has 0 amide bonds. The van der Waals surface area contributed by atoms with Crippen LogP contribution in [0.5, 0.6) is 0 Å². The van der Waals surface area contributed by atoms with Crippen LogP contribution < -0.4 is 4.90 Å². The highest BCUT2D eigenvalue weighted by atomic mass is 16.3. The van der Waals surface area contributed by atoms with Gasteiger partial charge in [0.05, 0.1) is 6.10 Å². The monoisotopic (exact) mass is 350 g/mol. The molecule has 3 saturated heterocycles. The van der Waals surface area contributed by atoms with E-state index in [9.17, 15) is 5.11 Å². The van der Waals surface area contributed by atoms with Crippen LogP contribution >= 0.6 is 0 Å². The predicted molar refractivity (Wildman–Crippen MR) is 107 cm³/mol. The molecule has 0 spiro atoms. The first kappa shape index (κ1) is 17.6. The van der Waals surface area contributed by atoms with Crippen LogP contribution in [-0.4, -0.2) is 41.8 Å². The van der Waals surface area contributed by atoms with Gasteiger partial charge in [0, 0.05) is 24.8 Å². The Morgan fingerprint density at radius 1 is 0.962 bits per heavy atom. The Morgan fingerprint density at radius 3 is 2.27 bits per heavy atom. The number of anilines is 1. The molecule has 5 rings (SSSR count). The van der Waals surface area contributed by atoms with Crippen molar-refractivity contribution in [3.05, 3.63) is 65.7 Å². The number of aliphatic hydroxyl groups excluding tert-OH is 1. The molecule has 2 bridgehead atoms. The molecule has 3 heterocycles. The lowest BCUT2D eigenvalue weighted by Gasteiger charge is -2.49. The van der Waals surface area contributed by atoms with Crippen LogP contribution in [0, 0.1) is 5.92 Å². The van der Waals surface area contributed by atoms with Gasteiger partial charge in [0.1, 0.15) is 0 Å². The average Bonchev–Trinajstić information content (AvgIpc) is 2.71. The molecule has 2 unspecified atom stereocenters. The smallest absolute Gasteiger partial charge is 0.0727 e. The van der Waals surface area contributed by atoms with Gasteiger partial charge in [0.25, 0.3) is 0 Å². The highest BCUT2D eigenvalue weighted by Gasteiger charge is 2.40. The molecule has 3 heteroatoms. The maximum absolute atomic E-state index is 10.6. The maximum atomic E-state index is 10.6. The lowest BCUT2D eigenvalue weighted by molar-refractivity contribution is -0.0715. The Bertz CT molecular complexity index is 690. The molecule has 0 saturated carbocycles. The lowest BCUT2D eigenvalue weighted by atomic mass is 9.78. The van der Waals surface area contributed by atoms with E-state index in [1.807, 2.05) is 0 Å². The van der Waals surface area contributed by atoms with Gasteiger partial charge in [-0.05, 0) is 68.5 Å². The lowest BCUT2D eigenvalue weighted by Crippen LogP contribution is -2.58. The van der Waals surface area contributed by atoms with Crippen molar-refractivity contribution >= 4 is 5.69 Å². The highest BCUT2D eigenvalue weighted by molar-refractivity contribution is 5.48. The summed E-state index contributed by atoms with van der Waals surface area (Å²) in [6.07, 6.45) is 3.15. The minimum absolute atomic E-state index is 0.151. The van der Waals surface area contributed by atoms with E-state index >= 15 is 0 Å². The molecule has 3 nitrogen and oxygen atoms in total. The van der Waals surface area contributed by atoms with Gasteiger partial charge in [-0.1, -0.05) is 42.5 Å². The summed E-state index contributed by atoms with van der Waals surface area (Å²) >= 11 is 0. The van der Waals surface area contributed by atoms with E-state index in [1.165, 1.54) is 29.7 Å². The molecule has 3 aliphatic rings. The first-order chi connectivity index (χ1) is 12.7. The van der Waals surface area contributed by atoms with Gasteiger partial charge < -0.3 is 10.0 Å². The second kappa shape index (κ2) is 7.81. The Balaban J connectivity index is 1.43. The third kappa shape index (κ3) is 3.65. The second-order valence-electron chi connectivity index (χ2n) is 7.80. The Hall–Kier alpha value is -1.84. The van der Waals surface area contributed by atoms with E-state index in [1.54, 1.807) is 0 Å². The number of hydrogen-bond acceptors (Lipinski definition) is 3. The highest BCUT2D eigenvalue weighted by Crippen LogP contribution is 2.34. The van der Waals surface area contributed by atoms with E-state index in [-0.39, 0.29) is 6.10 Å². The summed E-state index contributed by atoms with van der Waals surface area (Å²) < 4.78 is 0. The number of aliphatic hydroxyl groups is 1. The van der Waals surface area contributed by atoms with Crippen LogP contribution in [0.2, 0.25) is 0 Å². The van der Waals surface area contributed by atoms with Crippen LogP contribution in [0.1, 0.15) is 30.9 Å². The number of hydrogen-bond donors (Lipinski definition) is 1. The summed E-state index contributed by atoms with van der Waals surface area (Å²) in [5, 5.41) is 10.6. The predicted octanol–water partition coefficient (Wildman–Crippen LogP) is 3.71. The first-order valence-corrected chi connectivity index (χ1v) is 10.0. The molecule has 2 aromatic carbocycles. The Labute approximate surface area is 157 Å². The number of nitrogens with zero attached hydrogens (tertiary/aromatic N) is 2. The SMILES string of the molecule is CCN(Cc1ccccc1)c1ccc(CC2C(O)C3CCN2CC3)cc1. The third-order valence-corrected chi connectivity index (χ3v) is 6.26. The zero-order valence-corrected chi connectivity index (χ0v) is 15.7. The third-order valence-electron chi connectivity index (χ3n) is 6.26. The van der Waals surface area contributed by atoms with Gasteiger partial charge in [0.2, 0.25) is 0 Å². The van der Waals surface area contributed by atoms with Crippen molar-refractivity contribution in [2.75, 3.05) is 24.5 Å². The van der Waals surface area contributed by atoms with Crippen molar-refractivity contribution in [2.45, 2.75) is 44.9 Å². The topological polar surface area (TPSA) is 26.7 Å². The zero-order valence-electron chi connectivity index (χ0n) is 15.7. The number of fused-ring (bicyclic) bond motifs is 3. The van der Waals surface area contributed by atoms with Crippen molar-refractivity contribution in [2.24, 2.45) is 5.92 Å². The summed E-state index contributed by atoms with van der Waals surface area (Å²) in [7, 11) is 0. The minimum atomic E-state index is -0.151. The quantitative estimate of drug-likeness (QED) is 0.860. The van der Waals surface area contributed by atoms with Gasteiger partial charge in [-0.2, -0.15) is 0 Å². The largest absolute Gasteiger partial charge is 0.391 e.